The third-order valence-corrected chi connectivity index (χ3v) is 3.06. The van der Waals surface area contributed by atoms with Crippen molar-refractivity contribution < 1.29 is 19.0 Å². The number of amides is 1. The summed E-state index contributed by atoms with van der Waals surface area (Å²) in [5.74, 6) is 0.393. The second-order valence-electron chi connectivity index (χ2n) is 3.87. The number of carbonyl (C=O) groups is 1. The fourth-order valence-corrected chi connectivity index (χ4v) is 2.03. The second-order valence-corrected chi connectivity index (χ2v) is 4.17. The molecule has 0 N–H and O–H groups in total. The molecule has 2 aliphatic rings. The van der Waals surface area contributed by atoms with Gasteiger partial charge in [0.25, 0.3) is 5.91 Å². The number of ether oxygens (including phenoxy) is 3. The fourth-order valence-electron chi connectivity index (χ4n) is 1.85. The summed E-state index contributed by atoms with van der Waals surface area (Å²) in [5.41, 5.74) is 0. The minimum absolute atomic E-state index is 0.0156. The van der Waals surface area contributed by atoms with Gasteiger partial charge in [-0.3, -0.25) is 4.79 Å². The molecule has 16 heavy (non-hydrogen) atoms. The highest BCUT2D eigenvalue weighted by atomic mass is 35.5. The van der Waals surface area contributed by atoms with Gasteiger partial charge in [-0.2, -0.15) is 0 Å². The molecule has 2 heterocycles. The molecule has 0 spiro atoms. The quantitative estimate of drug-likeness (QED) is 0.640. The molecular weight excluding hydrogens is 234 g/mol. The van der Waals surface area contributed by atoms with E-state index in [1.807, 2.05) is 0 Å². The van der Waals surface area contributed by atoms with E-state index in [1.165, 1.54) is 0 Å². The van der Waals surface area contributed by atoms with Crippen molar-refractivity contribution in [2.24, 2.45) is 0 Å². The zero-order valence-electron chi connectivity index (χ0n) is 9.06. The fraction of sp³-hybridized carbons (Fsp3) is 0.900. The first kappa shape index (κ1) is 12.1. The van der Waals surface area contributed by atoms with Crippen molar-refractivity contribution in [1.29, 1.82) is 0 Å². The summed E-state index contributed by atoms with van der Waals surface area (Å²) in [5, 5.41) is 0. The van der Waals surface area contributed by atoms with Crippen LogP contribution in [0.2, 0.25) is 0 Å². The van der Waals surface area contributed by atoms with Crippen LogP contribution in [-0.4, -0.2) is 68.4 Å². The Morgan fingerprint density at radius 2 is 2.19 bits per heavy atom. The number of rotatable bonds is 2. The summed E-state index contributed by atoms with van der Waals surface area (Å²) in [6, 6.07) is 0. The molecule has 2 aliphatic heterocycles. The van der Waals surface area contributed by atoms with Gasteiger partial charge in [0.1, 0.15) is 0 Å². The van der Waals surface area contributed by atoms with E-state index < -0.39 is 6.10 Å². The average molecular weight is 250 g/mol. The van der Waals surface area contributed by atoms with E-state index in [2.05, 4.69) is 0 Å². The lowest BCUT2D eigenvalue weighted by Gasteiger charge is -2.35. The molecule has 5 nitrogen and oxygen atoms in total. The van der Waals surface area contributed by atoms with Crippen LogP contribution in [0.5, 0.6) is 0 Å². The van der Waals surface area contributed by atoms with Crippen LogP contribution >= 0.6 is 11.6 Å². The zero-order chi connectivity index (χ0) is 11.4. The lowest BCUT2D eigenvalue weighted by Crippen LogP contribution is -2.52. The molecule has 0 aromatic carbocycles. The predicted molar refractivity (Wildman–Crippen MR) is 57.6 cm³/mol. The maximum absolute atomic E-state index is 12.0. The molecule has 2 saturated heterocycles. The minimum Gasteiger partial charge on any atom is -0.376 e. The molecule has 2 rings (SSSR count). The Bertz CT molecular complexity index is 245. The third-order valence-electron chi connectivity index (χ3n) is 2.71. The Balaban J connectivity index is 1.87. The average Bonchev–Trinajstić information content (AvgIpc) is 2.39. The number of hydrogen-bond donors (Lipinski definition) is 0. The molecule has 0 saturated carbocycles. The van der Waals surface area contributed by atoms with Crippen molar-refractivity contribution in [2.75, 3.05) is 45.4 Å². The van der Waals surface area contributed by atoms with Crippen molar-refractivity contribution >= 4 is 17.5 Å². The molecule has 2 unspecified atom stereocenters. The van der Waals surface area contributed by atoms with Crippen LogP contribution in [0, 0.1) is 0 Å². The minimum atomic E-state index is -0.456. The summed E-state index contributed by atoms with van der Waals surface area (Å²) < 4.78 is 16.0. The monoisotopic (exact) mass is 249 g/mol. The van der Waals surface area contributed by atoms with Crippen molar-refractivity contribution in [3.63, 3.8) is 0 Å². The SMILES string of the molecule is O=C(C1COCCO1)N1CCOC(CCl)C1. The molecule has 0 aromatic rings. The Labute approximate surface area is 99.6 Å². The van der Waals surface area contributed by atoms with E-state index in [0.717, 1.165) is 0 Å². The first-order valence-electron chi connectivity index (χ1n) is 5.47. The molecule has 6 heteroatoms. The first-order chi connectivity index (χ1) is 7.81. The summed E-state index contributed by atoms with van der Waals surface area (Å²) in [6.45, 7) is 3.09. The smallest absolute Gasteiger partial charge is 0.254 e. The standard InChI is InChI=1S/C10H16ClNO4/c11-5-8-6-12(1-2-15-8)10(13)9-7-14-3-4-16-9/h8-9H,1-7H2. The maximum Gasteiger partial charge on any atom is 0.254 e. The third kappa shape index (κ3) is 2.85. The van der Waals surface area contributed by atoms with E-state index in [0.29, 0.717) is 45.4 Å². The van der Waals surface area contributed by atoms with Crippen LogP contribution in [0.3, 0.4) is 0 Å². The van der Waals surface area contributed by atoms with Crippen LogP contribution in [-0.2, 0) is 19.0 Å². The number of hydrogen-bond acceptors (Lipinski definition) is 4. The van der Waals surface area contributed by atoms with Crippen LogP contribution in [0.4, 0.5) is 0 Å². The molecule has 0 radical (unpaired) electrons. The van der Waals surface area contributed by atoms with Crippen LogP contribution in [0.25, 0.3) is 0 Å². The van der Waals surface area contributed by atoms with E-state index in [9.17, 15) is 4.79 Å². The largest absolute Gasteiger partial charge is 0.376 e. The van der Waals surface area contributed by atoms with Gasteiger partial charge in [0.05, 0.1) is 38.4 Å². The van der Waals surface area contributed by atoms with Crippen LogP contribution in [0.15, 0.2) is 0 Å². The van der Waals surface area contributed by atoms with Crippen molar-refractivity contribution in [3.8, 4) is 0 Å². The highest BCUT2D eigenvalue weighted by Crippen LogP contribution is 2.11. The summed E-state index contributed by atoms with van der Waals surface area (Å²) >= 11 is 5.72. The number of nitrogens with zero attached hydrogens (tertiary/aromatic N) is 1. The highest BCUT2D eigenvalue weighted by molar-refractivity contribution is 6.18. The molecule has 0 aromatic heterocycles. The number of morpholine rings is 1. The van der Waals surface area contributed by atoms with Gasteiger partial charge in [-0.15, -0.1) is 11.6 Å². The number of carbonyl (C=O) groups excluding carboxylic acids is 1. The first-order valence-corrected chi connectivity index (χ1v) is 6.00. The van der Waals surface area contributed by atoms with Gasteiger partial charge in [0, 0.05) is 13.1 Å². The lowest BCUT2D eigenvalue weighted by molar-refractivity contribution is -0.163. The molecular formula is C10H16ClNO4. The van der Waals surface area contributed by atoms with Gasteiger partial charge in [0.2, 0.25) is 0 Å². The predicted octanol–water partition coefficient (Wildman–Crippen LogP) is -0.132. The van der Waals surface area contributed by atoms with Gasteiger partial charge in [-0.05, 0) is 0 Å². The molecule has 1 amide bonds. The normalized spacial score (nSPS) is 31.4. The van der Waals surface area contributed by atoms with E-state index in [4.69, 9.17) is 25.8 Å². The molecule has 2 fully saturated rings. The van der Waals surface area contributed by atoms with Gasteiger partial charge in [-0.25, -0.2) is 0 Å². The van der Waals surface area contributed by atoms with Crippen LogP contribution in [0.1, 0.15) is 0 Å². The number of alkyl halides is 1. The Morgan fingerprint density at radius 1 is 1.31 bits per heavy atom. The van der Waals surface area contributed by atoms with E-state index >= 15 is 0 Å². The second kappa shape index (κ2) is 5.82. The summed E-state index contributed by atoms with van der Waals surface area (Å²) in [4.78, 5) is 13.8. The van der Waals surface area contributed by atoms with E-state index in [1.54, 1.807) is 4.90 Å². The zero-order valence-corrected chi connectivity index (χ0v) is 9.82. The number of halogens is 1. The summed E-state index contributed by atoms with van der Waals surface area (Å²) in [7, 11) is 0. The van der Waals surface area contributed by atoms with Gasteiger partial charge in [-0.1, -0.05) is 0 Å². The Morgan fingerprint density at radius 3 is 2.88 bits per heavy atom. The highest BCUT2D eigenvalue weighted by Gasteiger charge is 2.31. The van der Waals surface area contributed by atoms with Gasteiger partial charge in [0.15, 0.2) is 6.10 Å². The Kier molecular flexibility index (Phi) is 4.40. The molecule has 0 bridgehead atoms. The van der Waals surface area contributed by atoms with Gasteiger partial charge < -0.3 is 19.1 Å². The maximum atomic E-state index is 12.0. The van der Waals surface area contributed by atoms with E-state index in [-0.39, 0.29) is 12.0 Å². The molecule has 92 valence electrons. The lowest BCUT2D eigenvalue weighted by atomic mass is 10.2. The van der Waals surface area contributed by atoms with Crippen molar-refractivity contribution in [1.82, 2.24) is 4.90 Å². The van der Waals surface area contributed by atoms with Gasteiger partial charge >= 0.3 is 0 Å². The summed E-state index contributed by atoms with van der Waals surface area (Å²) in [6.07, 6.45) is -0.522. The van der Waals surface area contributed by atoms with Crippen LogP contribution < -0.4 is 0 Å². The molecule has 2 atom stereocenters. The van der Waals surface area contributed by atoms with Crippen molar-refractivity contribution in [2.45, 2.75) is 12.2 Å². The molecule has 0 aliphatic carbocycles. The topological polar surface area (TPSA) is 48.0 Å². The Hall–Kier alpha value is -0.360. The van der Waals surface area contributed by atoms with Crippen molar-refractivity contribution in [3.05, 3.63) is 0 Å².